The van der Waals surface area contributed by atoms with Crippen molar-refractivity contribution >= 4 is 11.9 Å². The summed E-state index contributed by atoms with van der Waals surface area (Å²) in [4.78, 5) is 9.28. The van der Waals surface area contributed by atoms with Gasteiger partial charge in [-0.25, -0.2) is 0 Å². The molecule has 2 aromatic carbocycles. The van der Waals surface area contributed by atoms with Crippen LogP contribution in [0.1, 0.15) is 0 Å². The van der Waals surface area contributed by atoms with Gasteiger partial charge in [-0.2, -0.15) is 0 Å². The van der Waals surface area contributed by atoms with Gasteiger partial charge in [0.15, 0.2) is 0 Å². The van der Waals surface area contributed by atoms with Gasteiger partial charge in [0, 0.05) is 4.90 Å². The zero-order valence-corrected chi connectivity index (χ0v) is 9.80. The predicted molar refractivity (Wildman–Crippen MR) is 67.8 cm³/mol. The maximum Gasteiger partial charge on any atom is 0.148 e. The highest BCUT2D eigenvalue weighted by atomic mass is 32.2. The number of hydrogen-bond donors (Lipinski definition) is 3. The lowest BCUT2D eigenvalue weighted by Gasteiger charge is -2.05. The van der Waals surface area contributed by atoms with Crippen LogP contribution in [-0.2, 0) is 0 Å². The topological polar surface area (TPSA) is 61.7 Å². The molecule has 0 aliphatic rings. The lowest BCUT2D eigenvalue weighted by molar-refractivity contribution is -0.176. The molecule has 0 aliphatic heterocycles. The predicted octanol–water partition coefficient (Wildman–Crippen LogP) is 3.29. The van der Waals surface area contributed by atoms with Gasteiger partial charge in [0.05, 0.1) is 0 Å². The molecule has 4 nitrogen and oxygen atoms in total. The highest BCUT2D eigenvalue weighted by Gasteiger charge is 1.93. The van der Waals surface area contributed by atoms with E-state index in [0.717, 1.165) is 10.6 Å². The van der Waals surface area contributed by atoms with Crippen LogP contribution in [0, 0.1) is 0 Å². The molecule has 0 aliphatic carbocycles. The molecular weight excluding hydrogens is 238 g/mol. The summed E-state index contributed by atoms with van der Waals surface area (Å²) in [6.45, 7) is 0. The molecule has 17 heavy (non-hydrogen) atoms. The summed E-state index contributed by atoms with van der Waals surface area (Å²) in [5.41, 5.74) is 0. The molecule has 3 N–H and O–H groups in total. The second kappa shape index (κ2) is 8.60. The van der Waals surface area contributed by atoms with Crippen molar-refractivity contribution in [1.82, 2.24) is 4.89 Å². The second-order valence-electron chi connectivity index (χ2n) is 2.91. The van der Waals surface area contributed by atoms with Crippen LogP contribution in [0.3, 0.4) is 0 Å². The molecule has 0 radical (unpaired) electrons. The minimum Gasteiger partial charge on any atom is -0.398 e. The molecule has 0 bridgehead atoms. The summed E-state index contributed by atoms with van der Waals surface area (Å²) in [5.74, 6) is 0.806. The highest BCUT2D eigenvalue weighted by Crippen LogP contribution is 2.14. The fourth-order valence-electron chi connectivity index (χ4n) is 1.09. The lowest BCUT2D eigenvalue weighted by Crippen LogP contribution is -2.08. The molecule has 2 rings (SSSR count). The Labute approximate surface area is 104 Å². The molecule has 0 atom stereocenters. The van der Waals surface area contributed by atoms with E-state index in [9.17, 15) is 0 Å². The van der Waals surface area contributed by atoms with Gasteiger partial charge in [-0.05, 0) is 36.2 Å². The summed E-state index contributed by atoms with van der Waals surface area (Å²) >= 11 is 1.44. The molecule has 0 fully saturated rings. The third-order valence-corrected chi connectivity index (χ3v) is 2.48. The van der Waals surface area contributed by atoms with Crippen molar-refractivity contribution < 1.29 is 15.4 Å². The van der Waals surface area contributed by atoms with E-state index in [1.807, 2.05) is 60.7 Å². The molecule has 90 valence electrons. The zero-order chi connectivity index (χ0) is 12.3. The van der Waals surface area contributed by atoms with E-state index in [1.54, 1.807) is 0 Å². The van der Waals surface area contributed by atoms with Crippen molar-refractivity contribution in [1.29, 1.82) is 0 Å². The van der Waals surface area contributed by atoms with Crippen LogP contribution in [0.15, 0.2) is 65.6 Å². The molecule has 2 aromatic rings. The monoisotopic (exact) mass is 251 g/mol. The Bertz CT molecular complexity index is 358. The molecule has 5 heteroatoms. The molecule has 0 amide bonds. The normalized spacial score (nSPS) is 9.06. The van der Waals surface area contributed by atoms with Gasteiger partial charge in [0.25, 0.3) is 0 Å². The molecule has 0 saturated heterocycles. The SMILES string of the molecule is OO.c1ccc(ONSc2ccccc2)cc1. The van der Waals surface area contributed by atoms with E-state index >= 15 is 0 Å². The zero-order valence-electron chi connectivity index (χ0n) is 8.98. The second-order valence-corrected chi connectivity index (χ2v) is 3.76. The highest BCUT2D eigenvalue weighted by molar-refractivity contribution is 7.97. The van der Waals surface area contributed by atoms with Crippen LogP contribution in [-0.4, -0.2) is 10.5 Å². The number of nitrogens with one attached hydrogen (secondary N) is 1. The largest absolute Gasteiger partial charge is 0.398 e. The van der Waals surface area contributed by atoms with Gasteiger partial charge in [-0.15, -0.1) is 0 Å². The number of benzene rings is 2. The van der Waals surface area contributed by atoms with Crippen LogP contribution in [0.4, 0.5) is 0 Å². The Kier molecular flexibility index (Phi) is 6.85. The Morgan fingerprint density at radius 3 is 1.94 bits per heavy atom. The van der Waals surface area contributed by atoms with Crippen LogP contribution in [0.2, 0.25) is 0 Å². The van der Waals surface area contributed by atoms with Crippen LogP contribution in [0.25, 0.3) is 0 Å². The first kappa shape index (κ1) is 13.5. The Balaban J connectivity index is 0.000000686. The summed E-state index contributed by atoms with van der Waals surface area (Å²) in [5, 5.41) is 12.0. The summed E-state index contributed by atoms with van der Waals surface area (Å²) in [6, 6.07) is 19.6. The van der Waals surface area contributed by atoms with Gasteiger partial charge in [0.2, 0.25) is 0 Å². The van der Waals surface area contributed by atoms with Crippen LogP contribution in [0.5, 0.6) is 5.75 Å². The minimum absolute atomic E-state index is 0.806. The molecule has 0 unspecified atom stereocenters. The average Bonchev–Trinajstić information content (AvgIpc) is 2.43. The molecular formula is C12H13NO3S. The van der Waals surface area contributed by atoms with Crippen molar-refractivity contribution in [2.75, 3.05) is 0 Å². The quantitative estimate of drug-likeness (QED) is 0.442. The molecule has 0 heterocycles. The van der Waals surface area contributed by atoms with Gasteiger partial charge in [-0.1, -0.05) is 41.3 Å². The lowest BCUT2D eigenvalue weighted by atomic mass is 10.3. The van der Waals surface area contributed by atoms with E-state index in [0.29, 0.717) is 0 Å². The molecule has 0 spiro atoms. The minimum atomic E-state index is 0.806. The van der Waals surface area contributed by atoms with E-state index in [1.165, 1.54) is 11.9 Å². The summed E-state index contributed by atoms with van der Waals surface area (Å²) < 4.78 is 0. The smallest absolute Gasteiger partial charge is 0.148 e. The van der Waals surface area contributed by atoms with Gasteiger partial charge in [0.1, 0.15) is 5.75 Å². The standard InChI is InChI=1S/C12H11NOS.H2O2/c1-3-7-11(8-4-1)14-13-15-12-9-5-2-6-10-12;1-2/h1-10,13H;1-2H. The first-order chi connectivity index (χ1) is 8.45. The number of rotatable bonds is 4. The van der Waals surface area contributed by atoms with E-state index in [2.05, 4.69) is 4.89 Å². The Morgan fingerprint density at radius 2 is 1.35 bits per heavy atom. The van der Waals surface area contributed by atoms with Crippen molar-refractivity contribution in [3.05, 3.63) is 60.7 Å². The average molecular weight is 251 g/mol. The third-order valence-electron chi connectivity index (χ3n) is 1.81. The third kappa shape index (κ3) is 5.37. The fourth-order valence-corrected chi connectivity index (χ4v) is 1.62. The van der Waals surface area contributed by atoms with Gasteiger partial charge < -0.3 is 4.84 Å². The number of para-hydroxylation sites is 1. The maximum atomic E-state index is 6.00. The summed E-state index contributed by atoms with van der Waals surface area (Å²) in [6.07, 6.45) is 0. The van der Waals surface area contributed by atoms with Crippen molar-refractivity contribution in [2.24, 2.45) is 0 Å². The number of hydrogen-bond acceptors (Lipinski definition) is 5. The Hall–Kier alpha value is -1.53. The molecule has 0 saturated carbocycles. The first-order valence-corrected chi connectivity index (χ1v) is 5.65. The maximum absolute atomic E-state index is 6.00. The van der Waals surface area contributed by atoms with Crippen molar-refractivity contribution in [2.45, 2.75) is 4.90 Å². The van der Waals surface area contributed by atoms with Crippen LogP contribution >= 0.6 is 11.9 Å². The fraction of sp³-hybridized carbons (Fsp3) is 0. The van der Waals surface area contributed by atoms with Crippen molar-refractivity contribution in [3.63, 3.8) is 0 Å². The van der Waals surface area contributed by atoms with E-state index in [4.69, 9.17) is 15.4 Å². The first-order valence-electron chi connectivity index (χ1n) is 4.84. The summed E-state index contributed by atoms with van der Waals surface area (Å²) in [7, 11) is 0. The van der Waals surface area contributed by atoms with Gasteiger partial charge in [-0.3, -0.25) is 10.5 Å². The van der Waals surface area contributed by atoms with Gasteiger partial charge >= 0.3 is 0 Å². The Morgan fingerprint density at radius 1 is 0.824 bits per heavy atom. The van der Waals surface area contributed by atoms with E-state index < -0.39 is 0 Å². The van der Waals surface area contributed by atoms with E-state index in [-0.39, 0.29) is 0 Å². The van der Waals surface area contributed by atoms with Crippen LogP contribution < -0.4 is 9.72 Å². The molecule has 0 aromatic heterocycles. The van der Waals surface area contributed by atoms with Crippen molar-refractivity contribution in [3.8, 4) is 5.75 Å².